The first-order chi connectivity index (χ1) is 13.0. The predicted molar refractivity (Wildman–Crippen MR) is 106 cm³/mol. The fourth-order valence-corrected chi connectivity index (χ4v) is 3.94. The van der Waals surface area contributed by atoms with Gasteiger partial charge in [-0.3, -0.25) is 9.69 Å². The number of amides is 1. The van der Waals surface area contributed by atoms with Crippen LogP contribution < -0.4 is 10.1 Å². The third-order valence-corrected chi connectivity index (χ3v) is 6.06. The average Bonchev–Trinajstić information content (AvgIpc) is 2.69. The molecule has 2 saturated heterocycles. The van der Waals surface area contributed by atoms with Crippen molar-refractivity contribution in [2.24, 2.45) is 0 Å². The van der Waals surface area contributed by atoms with Gasteiger partial charge in [0, 0.05) is 25.2 Å². The summed E-state index contributed by atoms with van der Waals surface area (Å²) in [5, 5.41) is 3.14. The van der Waals surface area contributed by atoms with Gasteiger partial charge in [0.2, 0.25) is 0 Å². The highest BCUT2D eigenvalue weighted by Crippen LogP contribution is 2.29. The zero-order valence-corrected chi connectivity index (χ0v) is 16.9. The Morgan fingerprint density at radius 3 is 2.52 bits per heavy atom. The first kappa shape index (κ1) is 20.1. The molecule has 0 bridgehead atoms. The lowest BCUT2D eigenvalue weighted by Crippen LogP contribution is -2.62. The number of carbonyl (C=O) groups excluding carboxylic acids is 1. The van der Waals surface area contributed by atoms with E-state index < -0.39 is 0 Å². The normalized spacial score (nSPS) is 21.0. The number of nitrogens with zero attached hydrogens (tertiary/aromatic N) is 2. The molecule has 0 aliphatic carbocycles. The second-order valence-corrected chi connectivity index (χ2v) is 7.94. The molecule has 150 valence electrons. The molecule has 0 aromatic heterocycles. The quantitative estimate of drug-likeness (QED) is 0.818. The van der Waals surface area contributed by atoms with Crippen LogP contribution in [0.1, 0.15) is 24.0 Å². The number of hydrogen-bond donors (Lipinski definition) is 1. The minimum absolute atomic E-state index is 0.0341. The van der Waals surface area contributed by atoms with Crippen molar-refractivity contribution in [1.29, 1.82) is 0 Å². The van der Waals surface area contributed by atoms with E-state index in [1.165, 1.54) is 11.1 Å². The molecule has 2 heterocycles. The molecule has 2 fully saturated rings. The molecule has 6 heteroatoms. The second-order valence-electron chi connectivity index (χ2n) is 7.94. The minimum atomic E-state index is -0.0557. The molecule has 0 saturated carbocycles. The molecular formula is C21H33N3O3. The van der Waals surface area contributed by atoms with Gasteiger partial charge in [-0.25, -0.2) is 0 Å². The van der Waals surface area contributed by atoms with Gasteiger partial charge in [0.25, 0.3) is 5.91 Å². The summed E-state index contributed by atoms with van der Waals surface area (Å²) >= 11 is 0. The van der Waals surface area contributed by atoms with E-state index in [0.29, 0.717) is 6.54 Å². The number of aryl methyl sites for hydroxylation is 2. The summed E-state index contributed by atoms with van der Waals surface area (Å²) in [5.41, 5.74) is 2.43. The van der Waals surface area contributed by atoms with E-state index in [-0.39, 0.29) is 18.1 Å². The van der Waals surface area contributed by atoms with Crippen molar-refractivity contribution in [3.8, 4) is 5.75 Å². The Hall–Kier alpha value is -1.63. The fourth-order valence-electron chi connectivity index (χ4n) is 3.94. The molecule has 1 amide bonds. The zero-order valence-electron chi connectivity index (χ0n) is 16.9. The number of nitrogens with one attached hydrogen (secondary N) is 1. The third kappa shape index (κ3) is 5.21. The van der Waals surface area contributed by atoms with Gasteiger partial charge in [0.05, 0.1) is 13.2 Å². The van der Waals surface area contributed by atoms with E-state index in [9.17, 15) is 4.79 Å². The van der Waals surface area contributed by atoms with E-state index >= 15 is 0 Å². The van der Waals surface area contributed by atoms with Crippen molar-refractivity contribution in [2.45, 2.75) is 32.2 Å². The van der Waals surface area contributed by atoms with Crippen LogP contribution in [0.15, 0.2) is 18.2 Å². The fraction of sp³-hybridized carbons (Fsp3) is 0.667. The number of carbonyl (C=O) groups is 1. The van der Waals surface area contributed by atoms with Crippen LogP contribution in [0.3, 0.4) is 0 Å². The van der Waals surface area contributed by atoms with Crippen LogP contribution in [-0.2, 0) is 9.53 Å². The Bertz CT molecular complexity index is 636. The predicted octanol–water partition coefficient (Wildman–Crippen LogP) is 1.60. The number of benzene rings is 1. The molecule has 0 unspecified atom stereocenters. The van der Waals surface area contributed by atoms with Crippen LogP contribution >= 0.6 is 0 Å². The van der Waals surface area contributed by atoms with Gasteiger partial charge < -0.3 is 19.7 Å². The Morgan fingerprint density at radius 1 is 1.15 bits per heavy atom. The molecule has 0 spiro atoms. The molecule has 0 atom stereocenters. The molecule has 6 nitrogen and oxygen atoms in total. The van der Waals surface area contributed by atoms with Crippen LogP contribution in [0.25, 0.3) is 0 Å². The maximum absolute atomic E-state index is 12.4. The number of piperidine rings is 1. The molecule has 2 aliphatic heterocycles. The summed E-state index contributed by atoms with van der Waals surface area (Å²) in [5.74, 6) is 0.690. The first-order valence-corrected chi connectivity index (χ1v) is 9.97. The van der Waals surface area contributed by atoms with Crippen LogP contribution in [0.4, 0.5) is 0 Å². The van der Waals surface area contributed by atoms with Gasteiger partial charge in [0.1, 0.15) is 5.75 Å². The van der Waals surface area contributed by atoms with Gasteiger partial charge in [-0.2, -0.15) is 0 Å². The van der Waals surface area contributed by atoms with Crippen LogP contribution in [-0.4, -0.2) is 80.8 Å². The third-order valence-electron chi connectivity index (χ3n) is 6.06. The number of likely N-dealkylation sites (tertiary alicyclic amines) is 1. The summed E-state index contributed by atoms with van der Waals surface area (Å²) < 4.78 is 11.2. The first-order valence-electron chi connectivity index (χ1n) is 9.97. The highest BCUT2D eigenvalue weighted by molar-refractivity contribution is 5.77. The Labute approximate surface area is 162 Å². The summed E-state index contributed by atoms with van der Waals surface area (Å²) in [6.07, 6.45) is 2.14. The molecule has 2 aliphatic rings. The van der Waals surface area contributed by atoms with Crippen LogP contribution in [0.2, 0.25) is 0 Å². The molecule has 0 radical (unpaired) electrons. The van der Waals surface area contributed by atoms with Crippen molar-refractivity contribution in [1.82, 2.24) is 15.1 Å². The van der Waals surface area contributed by atoms with E-state index in [1.54, 1.807) is 0 Å². The summed E-state index contributed by atoms with van der Waals surface area (Å²) in [6.45, 7) is 10.4. The Morgan fingerprint density at radius 2 is 1.85 bits per heavy atom. The maximum atomic E-state index is 12.4. The number of hydrogen-bond acceptors (Lipinski definition) is 5. The zero-order chi connectivity index (χ0) is 19.3. The smallest absolute Gasteiger partial charge is 0.258 e. The van der Waals surface area contributed by atoms with Gasteiger partial charge >= 0.3 is 0 Å². The molecule has 27 heavy (non-hydrogen) atoms. The van der Waals surface area contributed by atoms with Crippen LogP contribution in [0.5, 0.6) is 5.75 Å². The summed E-state index contributed by atoms with van der Waals surface area (Å²) in [4.78, 5) is 17.3. The van der Waals surface area contributed by atoms with E-state index in [1.807, 2.05) is 18.2 Å². The summed E-state index contributed by atoms with van der Waals surface area (Å²) in [7, 11) is 2.17. The van der Waals surface area contributed by atoms with Crippen molar-refractivity contribution in [2.75, 3.05) is 59.6 Å². The van der Waals surface area contributed by atoms with E-state index in [0.717, 1.165) is 58.0 Å². The van der Waals surface area contributed by atoms with Gasteiger partial charge in [-0.1, -0.05) is 6.07 Å². The maximum Gasteiger partial charge on any atom is 0.258 e. The molecule has 1 aromatic carbocycles. The topological polar surface area (TPSA) is 54.0 Å². The monoisotopic (exact) mass is 375 g/mol. The standard InChI is InChI=1S/C21H33N3O3/c1-17-4-5-19(14-18(17)2)27-15-20(25)22-16-21(6-8-23(3)9-7-21)24-10-12-26-13-11-24/h4-5,14H,6-13,15-16H2,1-3H3,(H,22,25). The van der Waals surface area contributed by atoms with Crippen molar-refractivity contribution in [3.63, 3.8) is 0 Å². The lowest BCUT2D eigenvalue weighted by Gasteiger charge is -2.49. The van der Waals surface area contributed by atoms with Crippen LogP contribution in [0, 0.1) is 13.8 Å². The number of rotatable bonds is 6. The van der Waals surface area contributed by atoms with Gasteiger partial charge in [-0.05, 0) is 70.1 Å². The van der Waals surface area contributed by atoms with Crippen molar-refractivity contribution >= 4 is 5.91 Å². The molecular weight excluding hydrogens is 342 g/mol. The molecule has 3 rings (SSSR count). The Kier molecular flexibility index (Phi) is 6.73. The van der Waals surface area contributed by atoms with E-state index in [2.05, 4.69) is 36.0 Å². The SMILES string of the molecule is Cc1ccc(OCC(=O)NCC2(N3CCOCC3)CCN(C)CC2)cc1C. The molecule has 1 aromatic rings. The lowest BCUT2D eigenvalue weighted by molar-refractivity contribution is -0.124. The highest BCUT2D eigenvalue weighted by atomic mass is 16.5. The minimum Gasteiger partial charge on any atom is -0.484 e. The second kappa shape index (κ2) is 9.04. The average molecular weight is 376 g/mol. The highest BCUT2D eigenvalue weighted by Gasteiger charge is 2.40. The van der Waals surface area contributed by atoms with Crippen molar-refractivity contribution in [3.05, 3.63) is 29.3 Å². The van der Waals surface area contributed by atoms with Gasteiger partial charge in [-0.15, -0.1) is 0 Å². The number of morpholine rings is 1. The number of ether oxygens (including phenoxy) is 2. The van der Waals surface area contributed by atoms with E-state index in [4.69, 9.17) is 9.47 Å². The van der Waals surface area contributed by atoms with Gasteiger partial charge in [0.15, 0.2) is 6.61 Å². The Balaban J connectivity index is 1.54. The largest absolute Gasteiger partial charge is 0.484 e. The summed E-state index contributed by atoms with van der Waals surface area (Å²) in [6, 6.07) is 5.92. The molecule has 1 N–H and O–H groups in total. The lowest BCUT2D eigenvalue weighted by atomic mass is 9.85. The van der Waals surface area contributed by atoms with Crippen molar-refractivity contribution < 1.29 is 14.3 Å².